The quantitative estimate of drug-likeness (QED) is 0.485. The second-order valence-electron chi connectivity index (χ2n) is 7.12. The van der Waals surface area contributed by atoms with E-state index < -0.39 is 22.0 Å². The zero-order chi connectivity index (χ0) is 21.3. The van der Waals surface area contributed by atoms with Crippen LogP contribution >= 0.6 is 0 Å². The number of fused-ring (bicyclic) bond motifs is 3. The first-order valence-corrected chi connectivity index (χ1v) is 11.5. The van der Waals surface area contributed by atoms with Crippen molar-refractivity contribution in [2.75, 3.05) is 15.9 Å². The van der Waals surface area contributed by atoms with Crippen molar-refractivity contribution in [2.45, 2.75) is 19.4 Å². The highest BCUT2D eigenvalue weighted by Crippen LogP contribution is 2.30. The Hall–Kier alpha value is -3.32. The number of amides is 1. The van der Waals surface area contributed by atoms with Crippen molar-refractivity contribution in [3.05, 3.63) is 72.8 Å². The van der Waals surface area contributed by atoms with E-state index in [1.165, 1.54) is 4.31 Å². The number of nitrogens with one attached hydrogen (secondary N) is 1. The maximum Gasteiger partial charge on any atom is 0.248 e. The van der Waals surface area contributed by atoms with Crippen LogP contribution in [-0.4, -0.2) is 26.6 Å². The van der Waals surface area contributed by atoms with E-state index in [9.17, 15) is 13.2 Å². The average Bonchev–Trinajstić information content (AvgIpc) is 3.09. The van der Waals surface area contributed by atoms with E-state index in [1.807, 2.05) is 30.3 Å². The number of hydrogen-bond acceptors (Lipinski definition) is 4. The number of benzene rings is 3. The number of anilines is 2. The van der Waals surface area contributed by atoms with E-state index in [0.717, 1.165) is 22.6 Å². The van der Waals surface area contributed by atoms with Gasteiger partial charge in [-0.25, -0.2) is 8.42 Å². The van der Waals surface area contributed by atoms with E-state index >= 15 is 0 Å². The molecule has 3 aromatic carbocycles. The Morgan fingerprint density at radius 3 is 2.33 bits per heavy atom. The minimum atomic E-state index is -3.66. The highest BCUT2D eigenvalue weighted by atomic mass is 32.2. The predicted molar refractivity (Wildman–Crippen MR) is 120 cm³/mol. The molecule has 0 bridgehead atoms. The fraction of sp³-hybridized carbons (Fsp3) is 0.174. The maximum absolute atomic E-state index is 13.1. The van der Waals surface area contributed by atoms with Gasteiger partial charge in [-0.2, -0.15) is 0 Å². The van der Waals surface area contributed by atoms with Crippen LogP contribution < -0.4 is 9.62 Å². The smallest absolute Gasteiger partial charge is 0.248 e. The van der Waals surface area contributed by atoms with Crippen LogP contribution in [0.4, 0.5) is 11.4 Å². The molecular weight excluding hydrogens is 400 g/mol. The first kappa shape index (κ1) is 20.0. The van der Waals surface area contributed by atoms with E-state index in [-0.39, 0.29) is 0 Å². The third-order valence-corrected chi connectivity index (χ3v) is 6.17. The molecule has 7 heteroatoms. The number of nitrogens with zero attached hydrogens (tertiary/aromatic N) is 1. The molecule has 0 saturated heterocycles. The fourth-order valence-electron chi connectivity index (χ4n) is 3.66. The Labute approximate surface area is 175 Å². The third kappa shape index (κ3) is 3.76. The normalized spacial score (nSPS) is 12.7. The molecule has 0 aliphatic rings. The van der Waals surface area contributed by atoms with E-state index in [2.05, 4.69) is 5.32 Å². The van der Waals surface area contributed by atoms with Gasteiger partial charge in [-0.05, 0) is 36.8 Å². The SMILES string of the molecule is CC[C@H](C(=O)Nc1ccc2c(c1)oc1ccccc12)N(c1ccccc1)S(C)(=O)=O. The van der Waals surface area contributed by atoms with Gasteiger partial charge in [-0.15, -0.1) is 0 Å². The van der Waals surface area contributed by atoms with Crippen LogP contribution in [0.3, 0.4) is 0 Å². The lowest BCUT2D eigenvalue weighted by Gasteiger charge is -2.30. The zero-order valence-corrected chi connectivity index (χ0v) is 17.5. The summed E-state index contributed by atoms with van der Waals surface area (Å²) < 4.78 is 32.0. The average molecular weight is 423 g/mol. The van der Waals surface area contributed by atoms with Crippen LogP contribution in [0, 0.1) is 0 Å². The number of carbonyl (C=O) groups excluding carboxylic acids is 1. The van der Waals surface area contributed by atoms with Crippen molar-refractivity contribution in [1.29, 1.82) is 0 Å². The van der Waals surface area contributed by atoms with E-state index in [1.54, 1.807) is 49.4 Å². The van der Waals surface area contributed by atoms with Gasteiger partial charge in [0.2, 0.25) is 15.9 Å². The van der Waals surface area contributed by atoms with Gasteiger partial charge >= 0.3 is 0 Å². The third-order valence-electron chi connectivity index (χ3n) is 4.99. The van der Waals surface area contributed by atoms with Crippen LogP contribution in [0.1, 0.15) is 13.3 Å². The molecule has 1 amide bonds. The van der Waals surface area contributed by atoms with Crippen molar-refractivity contribution in [2.24, 2.45) is 0 Å². The second kappa shape index (κ2) is 7.84. The minimum absolute atomic E-state index is 0.320. The van der Waals surface area contributed by atoms with Gasteiger partial charge in [-0.1, -0.05) is 43.3 Å². The summed E-state index contributed by atoms with van der Waals surface area (Å²) >= 11 is 0. The van der Waals surface area contributed by atoms with Crippen molar-refractivity contribution in [3.8, 4) is 0 Å². The Kier molecular flexibility index (Phi) is 5.22. The minimum Gasteiger partial charge on any atom is -0.456 e. The number of para-hydroxylation sites is 2. The molecule has 6 nitrogen and oxygen atoms in total. The van der Waals surface area contributed by atoms with Crippen LogP contribution in [-0.2, 0) is 14.8 Å². The van der Waals surface area contributed by atoms with Gasteiger partial charge < -0.3 is 9.73 Å². The molecule has 1 heterocycles. The van der Waals surface area contributed by atoms with Gasteiger partial charge in [0.1, 0.15) is 17.2 Å². The molecule has 0 unspecified atom stereocenters. The molecule has 154 valence electrons. The first-order valence-electron chi connectivity index (χ1n) is 9.65. The van der Waals surface area contributed by atoms with Gasteiger partial charge in [0.15, 0.2) is 0 Å². The number of hydrogen-bond donors (Lipinski definition) is 1. The largest absolute Gasteiger partial charge is 0.456 e. The molecule has 0 radical (unpaired) electrons. The van der Waals surface area contributed by atoms with Crippen molar-refractivity contribution in [3.63, 3.8) is 0 Å². The molecule has 0 aliphatic carbocycles. The van der Waals surface area contributed by atoms with Crippen molar-refractivity contribution in [1.82, 2.24) is 0 Å². The zero-order valence-electron chi connectivity index (χ0n) is 16.7. The predicted octanol–water partition coefficient (Wildman–Crippen LogP) is 4.77. The summed E-state index contributed by atoms with van der Waals surface area (Å²) in [5.41, 5.74) is 2.43. The number of rotatable bonds is 6. The van der Waals surface area contributed by atoms with E-state index in [4.69, 9.17) is 4.42 Å². The number of furan rings is 1. The highest BCUT2D eigenvalue weighted by Gasteiger charge is 2.31. The summed E-state index contributed by atoms with van der Waals surface area (Å²) in [6.07, 6.45) is 1.43. The lowest BCUT2D eigenvalue weighted by molar-refractivity contribution is -0.117. The van der Waals surface area contributed by atoms with Gasteiger partial charge in [0, 0.05) is 22.5 Å². The molecule has 0 aliphatic heterocycles. The highest BCUT2D eigenvalue weighted by molar-refractivity contribution is 7.92. The monoisotopic (exact) mass is 422 g/mol. The van der Waals surface area contributed by atoms with Crippen LogP contribution in [0.25, 0.3) is 21.9 Å². The van der Waals surface area contributed by atoms with Gasteiger partial charge in [0.05, 0.1) is 11.9 Å². The van der Waals surface area contributed by atoms with Crippen LogP contribution in [0.5, 0.6) is 0 Å². The molecule has 30 heavy (non-hydrogen) atoms. The number of carbonyl (C=O) groups is 1. The lowest BCUT2D eigenvalue weighted by Crippen LogP contribution is -2.46. The summed E-state index contributed by atoms with van der Waals surface area (Å²) in [5, 5.41) is 4.81. The second-order valence-corrected chi connectivity index (χ2v) is 8.98. The van der Waals surface area contributed by atoms with Crippen molar-refractivity contribution < 1.29 is 17.6 Å². The van der Waals surface area contributed by atoms with Crippen LogP contribution in [0.2, 0.25) is 0 Å². The van der Waals surface area contributed by atoms with Gasteiger partial charge in [0.25, 0.3) is 0 Å². The van der Waals surface area contributed by atoms with Crippen LogP contribution in [0.15, 0.2) is 77.2 Å². The molecule has 0 fully saturated rings. The van der Waals surface area contributed by atoms with Gasteiger partial charge in [-0.3, -0.25) is 9.10 Å². The first-order chi connectivity index (χ1) is 14.4. The topological polar surface area (TPSA) is 79.6 Å². The summed E-state index contributed by atoms with van der Waals surface area (Å²) in [6.45, 7) is 1.79. The molecule has 4 aromatic rings. The molecular formula is C23H22N2O4S. The molecule has 1 aromatic heterocycles. The number of sulfonamides is 1. The Morgan fingerprint density at radius 2 is 1.63 bits per heavy atom. The molecule has 1 N–H and O–H groups in total. The molecule has 0 spiro atoms. The molecule has 0 saturated carbocycles. The standard InChI is InChI=1S/C23H22N2O4S/c1-3-20(25(30(2,27)28)17-9-5-4-6-10-17)23(26)24-16-13-14-19-18-11-7-8-12-21(18)29-22(19)15-16/h4-15,20H,3H2,1-2H3,(H,24,26)/t20-/m1/s1. The fourth-order valence-corrected chi connectivity index (χ4v) is 4.88. The van der Waals surface area contributed by atoms with E-state index in [0.29, 0.717) is 23.4 Å². The Bertz CT molecular complexity index is 1310. The maximum atomic E-state index is 13.1. The summed E-state index contributed by atoms with van der Waals surface area (Å²) in [4.78, 5) is 13.1. The molecule has 1 atom stereocenters. The molecule has 4 rings (SSSR count). The Morgan fingerprint density at radius 1 is 0.967 bits per heavy atom. The summed E-state index contributed by atoms with van der Waals surface area (Å²) in [5.74, 6) is -0.401. The summed E-state index contributed by atoms with van der Waals surface area (Å²) in [6, 6.07) is 20.9. The summed E-state index contributed by atoms with van der Waals surface area (Å²) in [7, 11) is -3.66. The lowest BCUT2D eigenvalue weighted by atomic mass is 10.1. The Balaban J connectivity index is 1.66. The van der Waals surface area contributed by atoms with Crippen molar-refractivity contribution >= 4 is 49.2 Å².